The van der Waals surface area contributed by atoms with Gasteiger partial charge in [-0.25, -0.2) is 0 Å². The number of aromatic hydroxyl groups is 2. The number of phenols is 2. The van der Waals surface area contributed by atoms with Crippen LogP contribution in [0.25, 0.3) is 0 Å². The Labute approximate surface area is 131 Å². The van der Waals surface area contributed by atoms with E-state index in [0.29, 0.717) is 23.4 Å². The number of nitrogens with two attached hydrogens (primary N) is 2. The van der Waals surface area contributed by atoms with Gasteiger partial charge < -0.3 is 21.7 Å². The van der Waals surface area contributed by atoms with Crippen LogP contribution in [0.15, 0.2) is 24.3 Å². The third kappa shape index (κ3) is 3.11. The van der Waals surface area contributed by atoms with Gasteiger partial charge in [0.2, 0.25) is 0 Å². The van der Waals surface area contributed by atoms with E-state index in [1.54, 1.807) is 24.3 Å². The van der Waals surface area contributed by atoms with Crippen molar-refractivity contribution in [2.75, 3.05) is 11.5 Å². The highest BCUT2D eigenvalue weighted by Gasteiger charge is 2.14. The van der Waals surface area contributed by atoms with Crippen LogP contribution >= 0.6 is 0 Å². The molecule has 2 aromatic rings. The summed E-state index contributed by atoms with van der Waals surface area (Å²) in [7, 11) is 0. The second kappa shape index (κ2) is 6.60. The van der Waals surface area contributed by atoms with Crippen LogP contribution in [0.5, 0.6) is 11.5 Å². The molecule has 4 heteroatoms. The van der Waals surface area contributed by atoms with Gasteiger partial charge in [-0.15, -0.1) is 0 Å². The molecule has 0 unspecified atom stereocenters. The van der Waals surface area contributed by atoms with Crippen molar-refractivity contribution < 1.29 is 10.2 Å². The highest BCUT2D eigenvalue weighted by molar-refractivity contribution is 5.60. The highest BCUT2D eigenvalue weighted by Crippen LogP contribution is 2.33. The third-order valence-corrected chi connectivity index (χ3v) is 4.02. The highest BCUT2D eigenvalue weighted by atomic mass is 16.3. The molecular formula is C18H24N2O2. The molecule has 0 bridgehead atoms. The maximum Gasteiger partial charge on any atom is 0.119 e. The molecule has 6 N–H and O–H groups in total. The van der Waals surface area contributed by atoms with Gasteiger partial charge in [-0.05, 0) is 48.2 Å². The molecule has 22 heavy (non-hydrogen) atoms. The number of hydrogen-bond donors (Lipinski definition) is 4. The monoisotopic (exact) mass is 300 g/mol. The van der Waals surface area contributed by atoms with Gasteiger partial charge >= 0.3 is 0 Å². The van der Waals surface area contributed by atoms with Gasteiger partial charge in [0.25, 0.3) is 0 Å². The molecule has 0 aromatic heterocycles. The summed E-state index contributed by atoms with van der Waals surface area (Å²) in [5, 5.41) is 20.4. The van der Waals surface area contributed by atoms with Gasteiger partial charge in [0.15, 0.2) is 0 Å². The number of phenolic OH excluding ortho intramolecular Hbond substituents is 2. The SMILES string of the molecule is CCCc1cc(O)c(Cc2c(O)ccc(N)c2CC)cc1N. The summed E-state index contributed by atoms with van der Waals surface area (Å²) < 4.78 is 0. The average Bonchev–Trinajstić information content (AvgIpc) is 2.48. The van der Waals surface area contributed by atoms with Gasteiger partial charge in [-0.2, -0.15) is 0 Å². The van der Waals surface area contributed by atoms with E-state index < -0.39 is 0 Å². The topological polar surface area (TPSA) is 92.5 Å². The molecule has 0 radical (unpaired) electrons. The maximum atomic E-state index is 10.3. The molecule has 0 fully saturated rings. The van der Waals surface area contributed by atoms with Crippen LogP contribution in [-0.2, 0) is 19.3 Å². The Morgan fingerprint density at radius 3 is 2.23 bits per heavy atom. The van der Waals surface area contributed by atoms with Crippen LogP contribution in [0.2, 0.25) is 0 Å². The zero-order chi connectivity index (χ0) is 16.3. The Morgan fingerprint density at radius 1 is 0.864 bits per heavy atom. The zero-order valence-electron chi connectivity index (χ0n) is 13.2. The minimum Gasteiger partial charge on any atom is -0.508 e. The smallest absolute Gasteiger partial charge is 0.119 e. The molecule has 2 rings (SSSR count). The lowest BCUT2D eigenvalue weighted by molar-refractivity contribution is 0.462. The van der Waals surface area contributed by atoms with Crippen molar-refractivity contribution in [1.82, 2.24) is 0 Å². The standard InChI is InChI=1S/C18H24N2O2/c1-3-5-11-10-18(22)12(9-16(11)20)8-14-13(4-2)15(19)6-7-17(14)21/h6-7,9-10,21-22H,3-5,8,19-20H2,1-2H3. The zero-order valence-corrected chi connectivity index (χ0v) is 13.2. The van der Waals surface area contributed by atoms with Gasteiger partial charge in [-0.3, -0.25) is 0 Å². The summed E-state index contributed by atoms with van der Waals surface area (Å²) in [6, 6.07) is 6.82. The first kappa shape index (κ1) is 16.0. The van der Waals surface area contributed by atoms with E-state index in [9.17, 15) is 10.2 Å². The minimum atomic E-state index is 0.196. The van der Waals surface area contributed by atoms with Crippen LogP contribution < -0.4 is 11.5 Å². The van der Waals surface area contributed by atoms with Crippen molar-refractivity contribution in [3.05, 3.63) is 46.5 Å². The van der Waals surface area contributed by atoms with E-state index in [4.69, 9.17) is 11.5 Å². The van der Waals surface area contributed by atoms with Crippen LogP contribution in [0.1, 0.15) is 42.5 Å². The fourth-order valence-corrected chi connectivity index (χ4v) is 2.83. The molecule has 2 aromatic carbocycles. The Balaban J connectivity index is 2.44. The fourth-order valence-electron chi connectivity index (χ4n) is 2.83. The number of hydrogen-bond acceptors (Lipinski definition) is 4. The van der Waals surface area contributed by atoms with Crippen molar-refractivity contribution in [3.8, 4) is 11.5 Å². The Kier molecular flexibility index (Phi) is 4.81. The van der Waals surface area contributed by atoms with E-state index in [2.05, 4.69) is 6.92 Å². The van der Waals surface area contributed by atoms with E-state index >= 15 is 0 Å². The summed E-state index contributed by atoms with van der Waals surface area (Å²) in [6.45, 7) is 4.07. The van der Waals surface area contributed by atoms with E-state index in [1.807, 2.05) is 6.92 Å². The number of nitrogen functional groups attached to an aromatic ring is 2. The van der Waals surface area contributed by atoms with Crippen LogP contribution in [0.3, 0.4) is 0 Å². The maximum absolute atomic E-state index is 10.3. The number of aryl methyl sites for hydroxylation is 1. The molecule has 0 saturated heterocycles. The largest absolute Gasteiger partial charge is 0.508 e. The number of anilines is 2. The minimum absolute atomic E-state index is 0.196. The molecule has 118 valence electrons. The Hall–Kier alpha value is -2.36. The molecular weight excluding hydrogens is 276 g/mol. The van der Waals surface area contributed by atoms with Gasteiger partial charge in [0, 0.05) is 28.9 Å². The number of rotatable bonds is 5. The van der Waals surface area contributed by atoms with Crippen LogP contribution in [0, 0.1) is 0 Å². The Morgan fingerprint density at radius 2 is 1.59 bits per heavy atom. The first-order valence-corrected chi connectivity index (χ1v) is 7.67. The van der Waals surface area contributed by atoms with Crippen LogP contribution in [-0.4, -0.2) is 10.2 Å². The fraction of sp³-hybridized carbons (Fsp3) is 0.333. The molecule has 0 saturated carbocycles. The molecule has 0 aliphatic heterocycles. The Bertz CT molecular complexity index is 681. The quantitative estimate of drug-likeness (QED) is 0.503. The van der Waals surface area contributed by atoms with Gasteiger partial charge in [0.1, 0.15) is 11.5 Å². The van der Waals surface area contributed by atoms with Crippen molar-refractivity contribution in [1.29, 1.82) is 0 Å². The van der Waals surface area contributed by atoms with Crippen molar-refractivity contribution >= 4 is 11.4 Å². The summed E-state index contributed by atoms with van der Waals surface area (Å²) in [6.07, 6.45) is 2.94. The molecule has 0 amide bonds. The lowest BCUT2D eigenvalue weighted by Gasteiger charge is -2.15. The molecule has 0 aliphatic carbocycles. The molecule has 4 nitrogen and oxygen atoms in total. The summed E-state index contributed by atoms with van der Waals surface area (Å²) >= 11 is 0. The summed E-state index contributed by atoms with van der Waals surface area (Å²) in [5.41, 5.74) is 16.7. The van der Waals surface area contributed by atoms with Crippen molar-refractivity contribution in [3.63, 3.8) is 0 Å². The van der Waals surface area contributed by atoms with E-state index in [1.165, 1.54) is 0 Å². The van der Waals surface area contributed by atoms with Crippen LogP contribution in [0.4, 0.5) is 11.4 Å². The summed E-state index contributed by atoms with van der Waals surface area (Å²) in [4.78, 5) is 0. The predicted molar refractivity (Wildman–Crippen MR) is 91.2 cm³/mol. The lowest BCUT2D eigenvalue weighted by atomic mass is 9.94. The van der Waals surface area contributed by atoms with Gasteiger partial charge in [-0.1, -0.05) is 20.3 Å². The lowest BCUT2D eigenvalue weighted by Crippen LogP contribution is -2.02. The first-order chi connectivity index (χ1) is 10.5. The second-order valence-corrected chi connectivity index (χ2v) is 5.59. The predicted octanol–water partition coefficient (Wildman–Crippen LogP) is 3.37. The van der Waals surface area contributed by atoms with Crippen molar-refractivity contribution in [2.45, 2.75) is 39.5 Å². The number of benzene rings is 2. The molecule has 0 heterocycles. The molecule has 0 spiro atoms. The molecule has 0 aliphatic rings. The van der Waals surface area contributed by atoms with Crippen molar-refractivity contribution in [2.24, 2.45) is 0 Å². The average molecular weight is 300 g/mol. The second-order valence-electron chi connectivity index (χ2n) is 5.59. The van der Waals surface area contributed by atoms with Gasteiger partial charge in [0.05, 0.1) is 0 Å². The molecule has 0 atom stereocenters. The van der Waals surface area contributed by atoms with E-state index in [0.717, 1.165) is 36.0 Å². The van der Waals surface area contributed by atoms with E-state index in [-0.39, 0.29) is 11.5 Å². The third-order valence-electron chi connectivity index (χ3n) is 4.02. The summed E-state index contributed by atoms with van der Waals surface area (Å²) in [5.74, 6) is 0.406. The normalized spacial score (nSPS) is 10.8. The first-order valence-electron chi connectivity index (χ1n) is 7.67.